The van der Waals surface area contributed by atoms with Crippen molar-refractivity contribution < 1.29 is 18.0 Å². The second-order valence-electron chi connectivity index (χ2n) is 4.99. The van der Waals surface area contributed by atoms with Crippen molar-refractivity contribution in [1.29, 1.82) is 0 Å². The van der Waals surface area contributed by atoms with Gasteiger partial charge < -0.3 is 5.32 Å². The molecule has 0 fully saturated rings. The minimum atomic E-state index is -4.45. The number of carbonyl (C=O) groups excluding carboxylic acids is 1. The highest BCUT2D eigenvalue weighted by Crippen LogP contribution is 2.30. The van der Waals surface area contributed by atoms with Crippen molar-refractivity contribution in [3.8, 4) is 0 Å². The Morgan fingerprint density at radius 3 is 2.43 bits per heavy atom. The van der Waals surface area contributed by atoms with Gasteiger partial charge in [0.1, 0.15) is 0 Å². The van der Waals surface area contributed by atoms with E-state index in [1.54, 1.807) is 12.1 Å². The van der Waals surface area contributed by atoms with Crippen molar-refractivity contribution in [2.45, 2.75) is 19.3 Å². The zero-order valence-electron chi connectivity index (χ0n) is 11.0. The van der Waals surface area contributed by atoms with E-state index in [0.29, 0.717) is 12.1 Å². The van der Waals surface area contributed by atoms with Gasteiger partial charge in [-0.3, -0.25) is 4.79 Å². The van der Waals surface area contributed by atoms with Crippen LogP contribution in [0.15, 0.2) is 42.5 Å². The first kappa shape index (κ1) is 13.8. The maximum atomic E-state index is 12.7. The molecule has 2 aromatic rings. The molecule has 0 radical (unpaired) electrons. The minimum absolute atomic E-state index is 0.0516. The molecule has 0 unspecified atom stereocenters. The third kappa shape index (κ3) is 2.69. The second kappa shape index (κ2) is 5.00. The molecule has 0 spiro atoms. The summed E-state index contributed by atoms with van der Waals surface area (Å²) in [5.74, 6) is -0.393. The Bertz CT molecular complexity index is 707. The molecule has 2 aromatic carbocycles. The predicted octanol–water partition coefficient (Wildman–Crippen LogP) is 3.54. The van der Waals surface area contributed by atoms with Crippen LogP contribution < -0.4 is 5.32 Å². The zero-order chi connectivity index (χ0) is 15.0. The molecule has 0 aromatic heterocycles. The van der Waals surface area contributed by atoms with Gasteiger partial charge in [0.25, 0.3) is 0 Å². The lowest BCUT2D eigenvalue weighted by Crippen LogP contribution is -2.08. The molecule has 0 saturated carbocycles. The first-order chi connectivity index (χ1) is 9.95. The summed E-state index contributed by atoms with van der Waals surface area (Å²) in [6, 6.07) is 9.77. The van der Waals surface area contributed by atoms with Gasteiger partial charge in [-0.2, -0.15) is 13.2 Å². The Kier molecular flexibility index (Phi) is 3.29. The quantitative estimate of drug-likeness (QED) is 0.857. The molecular weight excluding hydrogens is 279 g/mol. The maximum Gasteiger partial charge on any atom is 0.416 e. The van der Waals surface area contributed by atoms with Gasteiger partial charge in [0.15, 0.2) is 5.78 Å². The predicted molar refractivity (Wildman–Crippen MR) is 71.9 cm³/mol. The Morgan fingerprint density at radius 1 is 0.952 bits per heavy atom. The van der Waals surface area contributed by atoms with Crippen LogP contribution in [-0.2, 0) is 19.3 Å². The van der Waals surface area contributed by atoms with Gasteiger partial charge in [0.05, 0.1) is 5.56 Å². The fraction of sp³-hybridized carbons (Fsp3) is 0.188. The van der Waals surface area contributed by atoms with Gasteiger partial charge >= 0.3 is 6.18 Å². The van der Waals surface area contributed by atoms with Crippen LogP contribution in [0.1, 0.15) is 32.6 Å². The van der Waals surface area contributed by atoms with Crippen molar-refractivity contribution in [2.75, 3.05) is 0 Å². The van der Waals surface area contributed by atoms with Gasteiger partial charge in [-0.15, -0.1) is 0 Å². The molecule has 1 N–H and O–H groups in total. The summed E-state index contributed by atoms with van der Waals surface area (Å²) in [6.45, 7) is 1.44. The van der Waals surface area contributed by atoms with E-state index in [1.165, 1.54) is 12.1 Å². The van der Waals surface area contributed by atoms with Crippen LogP contribution in [0.5, 0.6) is 0 Å². The minimum Gasteiger partial charge on any atom is -0.309 e. The van der Waals surface area contributed by atoms with Crippen LogP contribution in [0.3, 0.4) is 0 Å². The average Bonchev–Trinajstić information content (AvgIpc) is 2.93. The summed E-state index contributed by atoms with van der Waals surface area (Å²) in [4.78, 5) is 12.3. The van der Waals surface area contributed by atoms with Crippen LogP contribution in [0, 0.1) is 0 Å². The first-order valence-electron chi connectivity index (χ1n) is 6.49. The van der Waals surface area contributed by atoms with Crippen molar-refractivity contribution in [3.63, 3.8) is 0 Å². The molecule has 1 heterocycles. The summed E-state index contributed by atoms with van der Waals surface area (Å²) in [5, 5.41) is 3.16. The molecule has 108 valence electrons. The lowest BCUT2D eigenvalue weighted by molar-refractivity contribution is -0.137. The van der Waals surface area contributed by atoms with Gasteiger partial charge in [0.2, 0.25) is 0 Å². The van der Waals surface area contributed by atoms with Crippen molar-refractivity contribution in [3.05, 3.63) is 70.3 Å². The number of alkyl halides is 3. The number of benzene rings is 2. The summed E-state index contributed by atoms with van der Waals surface area (Å²) in [7, 11) is 0. The van der Waals surface area contributed by atoms with Crippen LogP contribution in [-0.4, -0.2) is 5.78 Å². The lowest BCUT2D eigenvalue weighted by Gasteiger charge is -2.09. The number of halogens is 3. The van der Waals surface area contributed by atoms with E-state index in [2.05, 4.69) is 5.32 Å². The Morgan fingerprint density at radius 2 is 1.67 bits per heavy atom. The first-order valence-corrected chi connectivity index (χ1v) is 6.49. The van der Waals surface area contributed by atoms with Gasteiger partial charge in [-0.05, 0) is 29.3 Å². The van der Waals surface area contributed by atoms with Crippen LogP contribution >= 0.6 is 0 Å². The summed E-state index contributed by atoms with van der Waals surface area (Å²) < 4.78 is 38.1. The highest BCUT2D eigenvalue weighted by Gasteiger charge is 2.31. The van der Waals surface area contributed by atoms with Crippen molar-refractivity contribution in [1.82, 2.24) is 5.32 Å². The third-order valence-corrected chi connectivity index (χ3v) is 3.55. The maximum absolute atomic E-state index is 12.7. The molecule has 2 nitrogen and oxygen atoms in total. The van der Waals surface area contributed by atoms with E-state index >= 15 is 0 Å². The molecule has 5 heteroatoms. The van der Waals surface area contributed by atoms with E-state index in [9.17, 15) is 18.0 Å². The standard InChI is InChI=1S/C16H12F3NO/c17-16(18,19)14-3-1-2-10(7-14)15(21)11-4-5-12-8-20-9-13(12)6-11/h1-7,20H,8-9H2. The Labute approximate surface area is 119 Å². The van der Waals surface area contributed by atoms with Gasteiger partial charge in [-0.25, -0.2) is 0 Å². The molecule has 0 aliphatic carbocycles. The van der Waals surface area contributed by atoms with Crippen LogP contribution in [0.2, 0.25) is 0 Å². The summed E-state index contributed by atoms with van der Waals surface area (Å²) in [5.41, 5.74) is 1.80. The molecule has 0 atom stereocenters. The molecular formula is C16H12F3NO. The third-order valence-electron chi connectivity index (χ3n) is 3.55. The van der Waals surface area contributed by atoms with Gasteiger partial charge in [-0.1, -0.05) is 24.3 Å². The Hall–Kier alpha value is -2.14. The monoisotopic (exact) mass is 291 g/mol. The summed E-state index contributed by atoms with van der Waals surface area (Å²) >= 11 is 0. The second-order valence-corrected chi connectivity index (χ2v) is 4.99. The number of fused-ring (bicyclic) bond motifs is 1. The van der Waals surface area contributed by atoms with Crippen LogP contribution in [0.4, 0.5) is 13.2 Å². The highest BCUT2D eigenvalue weighted by atomic mass is 19.4. The van der Waals surface area contributed by atoms with E-state index < -0.39 is 17.5 Å². The number of hydrogen-bond acceptors (Lipinski definition) is 2. The smallest absolute Gasteiger partial charge is 0.309 e. The van der Waals surface area contributed by atoms with E-state index in [4.69, 9.17) is 0 Å². The topological polar surface area (TPSA) is 29.1 Å². The molecule has 0 bridgehead atoms. The molecule has 0 amide bonds. The number of hydrogen-bond donors (Lipinski definition) is 1. The lowest BCUT2D eigenvalue weighted by atomic mass is 9.98. The number of rotatable bonds is 2. The summed E-state index contributed by atoms with van der Waals surface area (Å²) in [6.07, 6.45) is -4.45. The van der Waals surface area contributed by atoms with Crippen molar-refractivity contribution in [2.24, 2.45) is 0 Å². The SMILES string of the molecule is O=C(c1cccc(C(F)(F)F)c1)c1ccc2c(c1)CNC2. The van der Waals surface area contributed by atoms with Gasteiger partial charge in [0, 0.05) is 24.2 Å². The van der Waals surface area contributed by atoms with E-state index in [-0.39, 0.29) is 5.56 Å². The van der Waals surface area contributed by atoms with E-state index in [0.717, 1.165) is 29.8 Å². The molecule has 1 aliphatic rings. The largest absolute Gasteiger partial charge is 0.416 e. The number of carbonyl (C=O) groups is 1. The number of ketones is 1. The normalized spacial score (nSPS) is 14.0. The Balaban J connectivity index is 1.95. The highest BCUT2D eigenvalue weighted by molar-refractivity contribution is 6.09. The number of nitrogens with one attached hydrogen (secondary N) is 1. The molecule has 3 rings (SSSR count). The van der Waals surface area contributed by atoms with E-state index in [1.807, 2.05) is 6.07 Å². The zero-order valence-corrected chi connectivity index (χ0v) is 11.0. The van der Waals surface area contributed by atoms with Crippen LogP contribution in [0.25, 0.3) is 0 Å². The fourth-order valence-corrected chi connectivity index (χ4v) is 2.44. The van der Waals surface area contributed by atoms with Crippen molar-refractivity contribution >= 4 is 5.78 Å². The molecule has 1 aliphatic heterocycles. The fourth-order valence-electron chi connectivity index (χ4n) is 2.44. The molecule has 21 heavy (non-hydrogen) atoms. The molecule has 0 saturated heterocycles. The average molecular weight is 291 g/mol.